The largest absolute Gasteiger partial charge is 0.308 e. The van der Waals surface area contributed by atoms with Crippen molar-refractivity contribution < 1.29 is 0 Å². The van der Waals surface area contributed by atoms with Gasteiger partial charge in [-0.2, -0.15) is 0 Å². The Kier molecular flexibility index (Phi) is 7.85. The van der Waals surface area contributed by atoms with E-state index in [0.717, 1.165) is 22.7 Å². The van der Waals surface area contributed by atoms with Gasteiger partial charge in [0.05, 0.1) is 28.1 Å². The SMILES string of the molecule is c1ccc(-c2ccc(N(c3ccc(-c4ccccc4)cc3-n3c4ccccc4c4ccccc43)c3ccc(-c4ccccc4)c4ccccc34)cc2)cc1. The summed E-state index contributed by atoms with van der Waals surface area (Å²) in [6, 6.07) is 79.0. The van der Waals surface area contributed by atoms with E-state index in [0.29, 0.717) is 0 Å². The first kappa shape index (κ1) is 31.6. The van der Waals surface area contributed by atoms with Gasteiger partial charge in [-0.15, -0.1) is 0 Å². The second kappa shape index (κ2) is 13.4. The number of benzene rings is 9. The molecule has 0 aliphatic heterocycles. The standard InChI is InChI=1S/C52H36N2/c1-4-16-37(17-5-1)39-28-31-42(32-29-39)53(50-35-33-43(40-20-8-3-9-21-40)44-22-10-11-23-45(44)50)51-34-30-41(38-18-6-2-7-19-38)36-52(51)54-48-26-14-12-24-46(48)47-25-13-15-27-49(47)54/h1-36H. The highest BCUT2D eigenvalue weighted by atomic mass is 15.2. The van der Waals surface area contributed by atoms with E-state index in [1.807, 2.05) is 0 Å². The van der Waals surface area contributed by atoms with Gasteiger partial charge >= 0.3 is 0 Å². The van der Waals surface area contributed by atoms with Crippen molar-refractivity contribution in [3.8, 4) is 39.1 Å². The first-order chi connectivity index (χ1) is 26.8. The minimum atomic E-state index is 1.08. The Morgan fingerprint density at radius 1 is 0.296 bits per heavy atom. The molecule has 10 rings (SSSR count). The van der Waals surface area contributed by atoms with E-state index in [2.05, 4.69) is 228 Å². The highest BCUT2D eigenvalue weighted by molar-refractivity contribution is 6.11. The molecule has 2 heteroatoms. The lowest BCUT2D eigenvalue weighted by atomic mass is 9.96. The average Bonchev–Trinajstić information content (AvgIpc) is 3.59. The van der Waals surface area contributed by atoms with Crippen LogP contribution in [0.1, 0.15) is 0 Å². The Hall–Kier alpha value is -7.16. The van der Waals surface area contributed by atoms with Crippen molar-refractivity contribution in [2.75, 3.05) is 4.90 Å². The fraction of sp³-hybridized carbons (Fsp3) is 0. The third-order valence-electron chi connectivity index (χ3n) is 10.6. The van der Waals surface area contributed by atoms with Gasteiger partial charge in [-0.25, -0.2) is 0 Å². The predicted octanol–water partition coefficient (Wildman–Crippen LogP) is 14.4. The molecule has 254 valence electrons. The Morgan fingerprint density at radius 2 is 0.741 bits per heavy atom. The molecule has 0 saturated carbocycles. The first-order valence-electron chi connectivity index (χ1n) is 18.5. The molecule has 0 fully saturated rings. The quantitative estimate of drug-likeness (QED) is 0.162. The lowest BCUT2D eigenvalue weighted by molar-refractivity contribution is 1.15. The van der Waals surface area contributed by atoms with Crippen LogP contribution in [-0.4, -0.2) is 4.57 Å². The monoisotopic (exact) mass is 688 g/mol. The topological polar surface area (TPSA) is 8.17 Å². The smallest absolute Gasteiger partial charge is 0.0709 e. The maximum absolute atomic E-state index is 2.46. The number of aromatic nitrogens is 1. The Morgan fingerprint density at radius 3 is 1.35 bits per heavy atom. The molecule has 2 nitrogen and oxygen atoms in total. The number of anilines is 3. The van der Waals surface area contributed by atoms with Crippen molar-refractivity contribution >= 4 is 49.6 Å². The van der Waals surface area contributed by atoms with E-state index in [1.165, 1.54) is 66.0 Å². The molecule has 0 N–H and O–H groups in total. The highest BCUT2D eigenvalue weighted by Gasteiger charge is 2.23. The molecule has 0 aliphatic carbocycles. The lowest BCUT2D eigenvalue weighted by Crippen LogP contribution is -2.14. The summed E-state index contributed by atoms with van der Waals surface area (Å²) in [5.74, 6) is 0. The second-order valence-corrected chi connectivity index (χ2v) is 13.7. The van der Waals surface area contributed by atoms with Crippen LogP contribution in [0, 0.1) is 0 Å². The molecule has 1 aromatic heterocycles. The van der Waals surface area contributed by atoms with E-state index in [9.17, 15) is 0 Å². The summed E-state index contributed by atoms with van der Waals surface area (Å²) in [4.78, 5) is 2.46. The van der Waals surface area contributed by atoms with Crippen molar-refractivity contribution in [3.63, 3.8) is 0 Å². The molecule has 10 aromatic rings. The van der Waals surface area contributed by atoms with Gasteiger partial charge < -0.3 is 9.47 Å². The molecule has 9 aromatic carbocycles. The molecule has 1 heterocycles. The summed E-state index contributed by atoms with van der Waals surface area (Å²) in [6.07, 6.45) is 0. The molecule has 0 unspecified atom stereocenters. The zero-order valence-electron chi connectivity index (χ0n) is 29.7. The van der Waals surface area contributed by atoms with Crippen LogP contribution in [0.25, 0.3) is 71.6 Å². The minimum absolute atomic E-state index is 1.08. The highest BCUT2D eigenvalue weighted by Crippen LogP contribution is 2.46. The van der Waals surface area contributed by atoms with Crippen LogP contribution in [0.5, 0.6) is 0 Å². The molecule has 0 aliphatic rings. The maximum atomic E-state index is 2.46. The van der Waals surface area contributed by atoms with Gasteiger partial charge in [-0.1, -0.05) is 176 Å². The third-order valence-corrected chi connectivity index (χ3v) is 10.6. The van der Waals surface area contributed by atoms with Crippen molar-refractivity contribution in [1.29, 1.82) is 0 Å². The third kappa shape index (κ3) is 5.44. The number of para-hydroxylation sites is 2. The maximum Gasteiger partial charge on any atom is 0.0709 e. The second-order valence-electron chi connectivity index (χ2n) is 13.7. The fourth-order valence-corrected chi connectivity index (χ4v) is 8.07. The van der Waals surface area contributed by atoms with Crippen LogP contribution in [0.15, 0.2) is 218 Å². The molecule has 54 heavy (non-hydrogen) atoms. The zero-order chi connectivity index (χ0) is 35.8. The Bertz CT molecular complexity index is 2860. The van der Waals surface area contributed by atoms with Crippen molar-refractivity contribution in [3.05, 3.63) is 218 Å². The summed E-state index contributed by atoms with van der Waals surface area (Å²) in [6.45, 7) is 0. The number of hydrogen-bond acceptors (Lipinski definition) is 1. The van der Waals surface area contributed by atoms with E-state index >= 15 is 0 Å². The summed E-state index contributed by atoms with van der Waals surface area (Å²) in [7, 11) is 0. The van der Waals surface area contributed by atoms with Crippen LogP contribution in [0.3, 0.4) is 0 Å². The van der Waals surface area contributed by atoms with E-state index in [-0.39, 0.29) is 0 Å². The molecular weight excluding hydrogens is 653 g/mol. The Balaban J connectivity index is 1.28. The van der Waals surface area contributed by atoms with Crippen LogP contribution in [0.4, 0.5) is 17.1 Å². The molecule has 0 bridgehead atoms. The fourth-order valence-electron chi connectivity index (χ4n) is 8.07. The lowest BCUT2D eigenvalue weighted by Gasteiger charge is -2.30. The number of fused-ring (bicyclic) bond motifs is 4. The van der Waals surface area contributed by atoms with Crippen molar-refractivity contribution in [1.82, 2.24) is 4.57 Å². The molecule has 0 spiro atoms. The molecular formula is C52H36N2. The number of rotatable bonds is 7. The number of nitrogens with zero attached hydrogens (tertiary/aromatic N) is 2. The van der Waals surface area contributed by atoms with Crippen molar-refractivity contribution in [2.24, 2.45) is 0 Å². The van der Waals surface area contributed by atoms with Gasteiger partial charge in [-0.05, 0) is 81.2 Å². The van der Waals surface area contributed by atoms with E-state index in [4.69, 9.17) is 0 Å². The van der Waals surface area contributed by atoms with Crippen LogP contribution >= 0.6 is 0 Å². The predicted molar refractivity (Wildman–Crippen MR) is 229 cm³/mol. The van der Waals surface area contributed by atoms with Gasteiger partial charge in [0.1, 0.15) is 0 Å². The molecule has 0 amide bonds. The molecule has 0 atom stereocenters. The first-order valence-corrected chi connectivity index (χ1v) is 18.5. The van der Waals surface area contributed by atoms with Gasteiger partial charge in [0, 0.05) is 21.8 Å². The molecule has 0 radical (unpaired) electrons. The molecule has 0 saturated heterocycles. The van der Waals surface area contributed by atoms with Gasteiger partial charge in [0.15, 0.2) is 0 Å². The summed E-state index contributed by atoms with van der Waals surface area (Å²) >= 11 is 0. The Labute approximate surface area is 315 Å². The van der Waals surface area contributed by atoms with Crippen molar-refractivity contribution in [2.45, 2.75) is 0 Å². The summed E-state index contributed by atoms with van der Waals surface area (Å²) in [5, 5.41) is 4.87. The number of hydrogen-bond donors (Lipinski definition) is 0. The minimum Gasteiger partial charge on any atom is -0.308 e. The van der Waals surface area contributed by atoms with E-state index in [1.54, 1.807) is 0 Å². The van der Waals surface area contributed by atoms with Crippen LogP contribution in [-0.2, 0) is 0 Å². The van der Waals surface area contributed by atoms with Crippen LogP contribution < -0.4 is 4.90 Å². The van der Waals surface area contributed by atoms with Gasteiger partial charge in [0.2, 0.25) is 0 Å². The summed E-state index contributed by atoms with van der Waals surface area (Å²) < 4.78 is 2.46. The van der Waals surface area contributed by atoms with Gasteiger partial charge in [0.25, 0.3) is 0 Å². The average molecular weight is 689 g/mol. The van der Waals surface area contributed by atoms with Crippen LogP contribution in [0.2, 0.25) is 0 Å². The van der Waals surface area contributed by atoms with E-state index < -0.39 is 0 Å². The summed E-state index contributed by atoms with van der Waals surface area (Å²) in [5.41, 5.74) is 13.9. The normalized spacial score (nSPS) is 11.3. The van der Waals surface area contributed by atoms with Gasteiger partial charge in [-0.3, -0.25) is 0 Å². The zero-order valence-corrected chi connectivity index (χ0v) is 29.7.